The Morgan fingerprint density at radius 3 is 2.85 bits per heavy atom. The number of anilines is 1. The number of oxime groups is 1. The Balaban J connectivity index is 1.89. The van der Waals surface area contributed by atoms with Crippen LogP contribution in [0.15, 0.2) is 23.4 Å². The van der Waals surface area contributed by atoms with E-state index < -0.39 is 0 Å². The van der Waals surface area contributed by atoms with Gasteiger partial charge in [-0.15, -0.1) is 0 Å². The monoisotopic (exact) mass is 359 g/mol. The molecule has 1 aromatic carbocycles. The second-order valence-electron chi connectivity index (χ2n) is 6.89. The van der Waals surface area contributed by atoms with E-state index >= 15 is 0 Å². The summed E-state index contributed by atoms with van der Waals surface area (Å²) in [6, 6.07) is 6.16. The zero-order valence-electron chi connectivity index (χ0n) is 15.7. The Bertz CT molecular complexity index is 670. The Hall–Kier alpha value is -2.12. The summed E-state index contributed by atoms with van der Waals surface area (Å²) in [5.74, 6) is 0.597. The number of amidine groups is 1. The number of nitrogens with zero attached hydrogens (tertiary/aromatic N) is 3. The Morgan fingerprint density at radius 1 is 1.42 bits per heavy atom. The van der Waals surface area contributed by atoms with Gasteiger partial charge in [0.15, 0.2) is 0 Å². The predicted molar refractivity (Wildman–Crippen MR) is 104 cm³/mol. The number of nitrogens with two attached hydrogens (primary N) is 1. The highest BCUT2D eigenvalue weighted by atomic mass is 16.6. The fourth-order valence-corrected chi connectivity index (χ4v) is 3.42. The van der Waals surface area contributed by atoms with Crippen molar-refractivity contribution in [2.75, 3.05) is 51.8 Å². The van der Waals surface area contributed by atoms with E-state index in [2.05, 4.69) is 27.1 Å². The number of methoxy groups -OCH3 is 1. The number of rotatable bonds is 7. The molecule has 2 aliphatic heterocycles. The standard InChI is InChI=1S/C19H29N5O2/c1-23(9-10-25-2)18-11-14(19(21)24-7-3-4-8-24)5-6-16(18)17-12-15(13-20)26-22-17/h5-6,11,15,21H,3-4,7-10,12-13,20H2,1-2H3. The van der Waals surface area contributed by atoms with Crippen LogP contribution in [0.5, 0.6) is 0 Å². The fraction of sp³-hybridized carbons (Fsp3) is 0.579. The largest absolute Gasteiger partial charge is 0.390 e. The summed E-state index contributed by atoms with van der Waals surface area (Å²) >= 11 is 0. The third kappa shape index (κ3) is 3.99. The summed E-state index contributed by atoms with van der Waals surface area (Å²) < 4.78 is 5.23. The highest BCUT2D eigenvalue weighted by Crippen LogP contribution is 2.27. The van der Waals surface area contributed by atoms with E-state index in [9.17, 15) is 0 Å². The van der Waals surface area contributed by atoms with E-state index in [4.69, 9.17) is 20.7 Å². The molecule has 7 heteroatoms. The number of likely N-dealkylation sites (tertiary alicyclic amines) is 1. The summed E-state index contributed by atoms with van der Waals surface area (Å²) in [7, 11) is 3.74. The Morgan fingerprint density at radius 2 is 2.19 bits per heavy atom. The van der Waals surface area contributed by atoms with Crippen LogP contribution in [0.1, 0.15) is 30.4 Å². The van der Waals surface area contributed by atoms with Gasteiger partial charge >= 0.3 is 0 Å². The maximum atomic E-state index is 8.56. The molecule has 2 aliphatic rings. The minimum Gasteiger partial charge on any atom is -0.390 e. The van der Waals surface area contributed by atoms with Gasteiger partial charge in [-0.05, 0) is 18.9 Å². The normalized spacial score (nSPS) is 19.4. The van der Waals surface area contributed by atoms with Gasteiger partial charge in [0, 0.05) is 63.6 Å². The quantitative estimate of drug-likeness (QED) is 0.571. The van der Waals surface area contributed by atoms with Crippen LogP contribution in [0.4, 0.5) is 5.69 Å². The van der Waals surface area contributed by atoms with Crippen molar-refractivity contribution in [1.82, 2.24) is 4.90 Å². The second kappa shape index (κ2) is 8.51. The molecule has 1 fully saturated rings. The third-order valence-corrected chi connectivity index (χ3v) is 5.04. The van der Waals surface area contributed by atoms with Crippen LogP contribution in [0, 0.1) is 5.41 Å². The molecule has 142 valence electrons. The molecule has 3 N–H and O–H groups in total. The molecule has 0 bridgehead atoms. The number of hydrogen-bond acceptors (Lipinski definition) is 6. The summed E-state index contributed by atoms with van der Waals surface area (Å²) in [6.45, 7) is 3.79. The topological polar surface area (TPSA) is 87.2 Å². The van der Waals surface area contributed by atoms with E-state index in [1.807, 2.05) is 13.1 Å². The maximum absolute atomic E-state index is 8.56. The summed E-state index contributed by atoms with van der Waals surface area (Å²) in [5, 5.41) is 12.8. The molecule has 0 aromatic heterocycles. The first-order valence-corrected chi connectivity index (χ1v) is 9.25. The molecule has 26 heavy (non-hydrogen) atoms. The van der Waals surface area contributed by atoms with Crippen molar-refractivity contribution in [3.05, 3.63) is 29.3 Å². The molecule has 2 heterocycles. The number of benzene rings is 1. The molecule has 7 nitrogen and oxygen atoms in total. The molecule has 1 atom stereocenters. The molecular weight excluding hydrogens is 330 g/mol. The zero-order chi connectivity index (χ0) is 18.5. The number of ether oxygens (including phenoxy) is 1. The molecule has 0 aliphatic carbocycles. The van der Waals surface area contributed by atoms with Gasteiger partial charge < -0.3 is 25.1 Å². The van der Waals surface area contributed by atoms with Gasteiger partial charge in [0.2, 0.25) is 0 Å². The molecule has 0 spiro atoms. The van der Waals surface area contributed by atoms with E-state index in [1.54, 1.807) is 7.11 Å². The first-order valence-electron chi connectivity index (χ1n) is 9.25. The number of likely N-dealkylation sites (N-methyl/N-ethyl adjacent to an activating group) is 1. The molecule has 1 aromatic rings. The fourth-order valence-electron chi connectivity index (χ4n) is 3.42. The molecule has 1 saturated heterocycles. The molecule has 0 radical (unpaired) electrons. The first-order chi connectivity index (χ1) is 12.6. The van der Waals surface area contributed by atoms with Gasteiger partial charge in [-0.2, -0.15) is 0 Å². The SMILES string of the molecule is COCCN(C)c1cc(C(=N)N2CCCC2)ccc1C1=NOC(CN)C1. The Labute approximate surface area is 155 Å². The second-order valence-corrected chi connectivity index (χ2v) is 6.89. The van der Waals surface area contributed by atoms with Crippen molar-refractivity contribution in [2.24, 2.45) is 10.9 Å². The smallest absolute Gasteiger partial charge is 0.145 e. The molecular formula is C19H29N5O2. The minimum absolute atomic E-state index is 0.0512. The van der Waals surface area contributed by atoms with Crippen molar-refractivity contribution in [3.8, 4) is 0 Å². The molecule has 1 unspecified atom stereocenters. The third-order valence-electron chi connectivity index (χ3n) is 5.04. The maximum Gasteiger partial charge on any atom is 0.145 e. The van der Waals surface area contributed by atoms with Gasteiger partial charge in [0.25, 0.3) is 0 Å². The van der Waals surface area contributed by atoms with Crippen LogP contribution in [0.25, 0.3) is 0 Å². The number of nitrogens with one attached hydrogen (secondary N) is 1. The van der Waals surface area contributed by atoms with Gasteiger partial charge in [-0.25, -0.2) is 0 Å². The van der Waals surface area contributed by atoms with Crippen LogP contribution in [-0.4, -0.2) is 69.5 Å². The van der Waals surface area contributed by atoms with Crippen LogP contribution >= 0.6 is 0 Å². The average molecular weight is 359 g/mol. The summed E-state index contributed by atoms with van der Waals surface area (Å²) in [6.07, 6.45) is 2.99. The van der Waals surface area contributed by atoms with Crippen LogP contribution in [-0.2, 0) is 9.57 Å². The average Bonchev–Trinajstić information content (AvgIpc) is 3.36. The predicted octanol–water partition coefficient (Wildman–Crippen LogP) is 1.64. The minimum atomic E-state index is -0.0512. The number of hydrogen-bond donors (Lipinski definition) is 2. The van der Waals surface area contributed by atoms with Crippen LogP contribution in [0.2, 0.25) is 0 Å². The highest BCUT2D eigenvalue weighted by molar-refractivity contribution is 6.07. The van der Waals surface area contributed by atoms with Crippen molar-refractivity contribution in [2.45, 2.75) is 25.4 Å². The lowest BCUT2D eigenvalue weighted by atomic mass is 9.99. The van der Waals surface area contributed by atoms with E-state index in [1.165, 1.54) is 0 Å². The highest BCUT2D eigenvalue weighted by Gasteiger charge is 2.25. The summed E-state index contributed by atoms with van der Waals surface area (Å²) in [4.78, 5) is 9.71. The van der Waals surface area contributed by atoms with Crippen molar-refractivity contribution in [1.29, 1.82) is 5.41 Å². The first kappa shape index (κ1) is 18.7. The van der Waals surface area contributed by atoms with E-state index in [-0.39, 0.29) is 6.10 Å². The van der Waals surface area contributed by atoms with Crippen molar-refractivity contribution < 1.29 is 9.57 Å². The molecule has 0 amide bonds. The van der Waals surface area contributed by atoms with Gasteiger partial charge in [-0.1, -0.05) is 17.3 Å². The van der Waals surface area contributed by atoms with Gasteiger partial charge in [0.05, 0.1) is 12.3 Å². The Kier molecular flexibility index (Phi) is 6.11. The lowest BCUT2D eigenvalue weighted by Crippen LogP contribution is -2.29. The van der Waals surface area contributed by atoms with E-state index in [0.29, 0.717) is 25.4 Å². The lowest BCUT2D eigenvalue weighted by Gasteiger charge is -2.25. The van der Waals surface area contributed by atoms with Crippen molar-refractivity contribution >= 4 is 17.2 Å². The van der Waals surface area contributed by atoms with Crippen LogP contribution < -0.4 is 10.6 Å². The summed E-state index contributed by atoms with van der Waals surface area (Å²) in [5.41, 5.74) is 9.65. The lowest BCUT2D eigenvalue weighted by molar-refractivity contribution is 0.0918. The molecule has 0 saturated carbocycles. The van der Waals surface area contributed by atoms with Crippen LogP contribution in [0.3, 0.4) is 0 Å². The van der Waals surface area contributed by atoms with Gasteiger partial charge in [0.1, 0.15) is 11.9 Å². The zero-order valence-corrected chi connectivity index (χ0v) is 15.7. The van der Waals surface area contributed by atoms with Gasteiger partial charge in [-0.3, -0.25) is 5.41 Å². The van der Waals surface area contributed by atoms with E-state index in [0.717, 1.165) is 55.0 Å². The van der Waals surface area contributed by atoms with Crippen molar-refractivity contribution in [3.63, 3.8) is 0 Å². The molecule has 3 rings (SSSR count).